The molecule has 2 rings (SSSR count). The average molecular weight is 328 g/mol. The van der Waals surface area contributed by atoms with Gasteiger partial charge in [0, 0.05) is 28.5 Å². The average Bonchev–Trinajstić information content (AvgIpc) is 2.37. The maximum atomic E-state index is 12.1. The largest absolute Gasteiger partial charge is 0.598 e. The summed E-state index contributed by atoms with van der Waals surface area (Å²) in [5.41, 5.74) is 0.740. The lowest BCUT2D eigenvalue weighted by Crippen LogP contribution is -2.41. The first-order valence-electron chi connectivity index (χ1n) is 6.55. The van der Waals surface area contributed by atoms with Crippen LogP contribution in [0.4, 0.5) is 0 Å². The zero-order valence-corrected chi connectivity index (χ0v) is 13.9. The Kier molecular flexibility index (Phi) is 4.63. The maximum Gasteiger partial charge on any atom is 0.254 e. The summed E-state index contributed by atoms with van der Waals surface area (Å²) >= 11 is 4.66. The van der Waals surface area contributed by atoms with Crippen LogP contribution < -0.4 is 10.3 Å². The molecule has 2 heterocycles. The first kappa shape index (κ1) is 16.3. The third-order valence-electron chi connectivity index (χ3n) is 3.00. The highest BCUT2D eigenvalue weighted by molar-refractivity contribution is 7.90. The van der Waals surface area contributed by atoms with Crippen LogP contribution in [-0.4, -0.2) is 19.3 Å². The maximum absolute atomic E-state index is 12.1. The van der Waals surface area contributed by atoms with E-state index in [-0.39, 0.29) is 11.6 Å². The lowest BCUT2D eigenvalue weighted by atomic mass is 10.1. The molecule has 0 aromatic carbocycles. The van der Waals surface area contributed by atoms with Gasteiger partial charge in [0.1, 0.15) is 10.4 Å². The molecule has 2 aromatic heterocycles. The van der Waals surface area contributed by atoms with E-state index in [1.807, 2.05) is 20.8 Å². The van der Waals surface area contributed by atoms with Crippen molar-refractivity contribution in [2.45, 2.75) is 38.5 Å². The Balaban J connectivity index is 2.37. The number of nitrogens with zero attached hydrogens (tertiary/aromatic N) is 1. The quantitative estimate of drug-likeness (QED) is 0.849. The van der Waals surface area contributed by atoms with Crippen LogP contribution >= 0.6 is 11.6 Å². The summed E-state index contributed by atoms with van der Waals surface area (Å²) in [5.74, 6) is 0. The van der Waals surface area contributed by atoms with Crippen LogP contribution in [0.15, 0.2) is 23.1 Å². The fourth-order valence-corrected chi connectivity index (χ4v) is 2.77. The molecule has 114 valence electrons. The monoisotopic (exact) mass is 327 g/mol. The van der Waals surface area contributed by atoms with Gasteiger partial charge in [-0.1, -0.05) is 11.6 Å². The highest BCUT2D eigenvalue weighted by Crippen LogP contribution is 2.20. The van der Waals surface area contributed by atoms with Gasteiger partial charge >= 0.3 is 0 Å². The predicted octanol–water partition coefficient (Wildman–Crippen LogP) is 2.69. The normalized spacial score (nSPS) is 15.1. The van der Waals surface area contributed by atoms with Gasteiger partial charge in [-0.15, -0.1) is 4.72 Å². The number of H-pyrrole nitrogens is 1. The van der Waals surface area contributed by atoms with Crippen molar-refractivity contribution in [3.05, 3.63) is 39.3 Å². The number of hydrogen-bond acceptors (Lipinski definition) is 4. The summed E-state index contributed by atoms with van der Waals surface area (Å²) in [6.07, 6.45) is 1.48. The van der Waals surface area contributed by atoms with Gasteiger partial charge in [0.05, 0.1) is 11.1 Å². The highest BCUT2D eigenvalue weighted by atomic mass is 35.5. The van der Waals surface area contributed by atoms with Gasteiger partial charge in [-0.3, -0.25) is 4.79 Å². The number of pyridine rings is 2. The number of hydrogen-bond donors (Lipinski definition) is 2. The van der Waals surface area contributed by atoms with E-state index >= 15 is 0 Å². The van der Waals surface area contributed by atoms with Crippen LogP contribution in [0, 0.1) is 0 Å². The van der Waals surface area contributed by atoms with Crippen molar-refractivity contribution in [1.82, 2.24) is 14.7 Å². The molecule has 7 heteroatoms. The zero-order chi connectivity index (χ0) is 15.8. The second-order valence-electron chi connectivity index (χ2n) is 5.87. The summed E-state index contributed by atoms with van der Waals surface area (Å²) in [6.45, 7) is 7.42. The van der Waals surface area contributed by atoms with E-state index in [1.165, 1.54) is 6.20 Å². The predicted molar refractivity (Wildman–Crippen MR) is 86.8 cm³/mol. The molecule has 0 radical (unpaired) electrons. The van der Waals surface area contributed by atoms with Gasteiger partial charge in [0.15, 0.2) is 0 Å². The van der Waals surface area contributed by atoms with Crippen LogP contribution in [0.5, 0.6) is 0 Å². The van der Waals surface area contributed by atoms with E-state index in [2.05, 4.69) is 14.7 Å². The molecule has 0 aliphatic carbocycles. The molecule has 5 nitrogen and oxygen atoms in total. The van der Waals surface area contributed by atoms with Gasteiger partial charge in [0.25, 0.3) is 5.56 Å². The minimum absolute atomic E-state index is 0.247. The van der Waals surface area contributed by atoms with Gasteiger partial charge < -0.3 is 9.54 Å². The summed E-state index contributed by atoms with van der Waals surface area (Å²) < 4.78 is 14.7. The van der Waals surface area contributed by atoms with Crippen LogP contribution in [-0.2, 0) is 11.4 Å². The Morgan fingerprint density at radius 2 is 2.10 bits per heavy atom. The highest BCUT2D eigenvalue weighted by Gasteiger charge is 2.29. The fourth-order valence-electron chi connectivity index (χ4n) is 1.80. The number of halogens is 1. The van der Waals surface area contributed by atoms with E-state index in [1.54, 1.807) is 19.1 Å². The van der Waals surface area contributed by atoms with E-state index in [9.17, 15) is 9.35 Å². The van der Waals surface area contributed by atoms with Crippen molar-refractivity contribution < 1.29 is 4.55 Å². The number of fused-ring (bicyclic) bond motifs is 1. The van der Waals surface area contributed by atoms with Gasteiger partial charge in [-0.05, 0) is 39.8 Å². The molecule has 0 saturated heterocycles. The van der Waals surface area contributed by atoms with Crippen LogP contribution in [0.3, 0.4) is 0 Å². The van der Waals surface area contributed by atoms with Crippen LogP contribution in [0.1, 0.15) is 39.3 Å². The van der Waals surface area contributed by atoms with Crippen molar-refractivity contribution in [2.24, 2.45) is 0 Å². The molecule has 2 aromatic rings. The van der Waals surface area contributed by atoms with E-state index in [0.717, 1.165) is 5.39 Å². The number of aromatic amines is 1. The minimum Gasteiger partial charge on any atom is -0.598 e. The molecule has 0 aliphatic rings. The minimum atomic E-state index is -1.26. The van der Waals surface area contributed by atoms with Crippen LogP contribution in [0.2, 0.25) is 5.02 Å². The molecule has 0 fully saturated rings. The third kappa shape index (κ3) is 3.77. The first-order valence-corrected chi connectivity index (χ1v) is 8.08. The molecule has 21 heavy (non-hydrogen) atoms. The SMILES string of the molecule is CC(N[S+]([O-])C(C)(C)C)c1cc2cc(Cl)cnc2[nH]c1=O. The molecule has 0 bridgehead atoms. The van der Waals surface area contributed by atoms with E-state index in [4.69, 9.17) is 11.6 Å². The number of nitrogens with one attached hydrogen (secondary N) is 2. The summed E-state index contributed by atoms with van der Waals surface area (Å²) in [4.78, 5) is 18.9. The lowest BCUT2D eigenvalue weighted by Gasteiger charge is -2.26. The van der Waals surface area contributed by atoms with Gasteiger partial charge in [-0.25, -0.2) is 4.98 Å². The van der Waals surface area contributed by atoms with Crippen molar-refractivity contribution in [3.8, 4) is 0 Å². The molecule has 2 unspecified atom stereocenters. The Hall–Kier alpha value is -1.08. The molecule has 0 amide bonds. The third-order valence-corrected chi connectivity index (χ3v) is 4.88. The summed E-state index contributed by atoms with van der Waals surface area (Å²) in [5, 5.41) is 1.24. The lowest BCUT2D eigenvalue weighted by molar-refractivity contribution is 0.530. The van der Waals surface area contributed by atoms with Gasteiger partial charge in [-0.2, -0.15) is 0 Å². The standard InChI is InChI=1S/C14H18ClN3O2S/c1-8(18-21(20)14(2,3)4)11-6-9-5-10(15)7-16-12(9)17-13(11)19/h5-8,18H,1-4H3,(H,16,17,19). The molecule has 0 saturated carbocycles. The summed E-state index contributed by atoms with van der Waals surface area (Å²) in [6, 6.07) is 3.11. The van der Waals surface area contributed by atoms with Crippen molar-refractivity contribution >= 4 is 34.0 Å². The molecule has 0 spiro atoms. The molecule has 2 atom stereocenters. The molecule has 0 aliphatic heterocycles. The van der Waals surface area contributed by atoms with Crippen molar-refractivity contribution in [2.75, 3.05) is 0 Å². The van der Waals surface area contributed by atoms with E-state index < -0.39 is 16.1 Å². The Bertz CT molecular complexity index is 711. The first-order chi connectivity index (χ1) is 9.68. The fraction of sp³-hybridized carbons (Fsp3) is 0.429. The molecular formula is C14H18ClN3O2S. The Labute approximate surface area is 131 Å². The van der Waals surface area contributed by atoms with E-state index in [0.29, 0.717) is 16.2 Å². The Morgan fingerprint density at radius 1 is 1.43 bits per heavy atom. The van der Waals surface area contributed by atoms with Crippen molar-refractivity contribution in [1.29, 1.82) is 0 Å². The van der Waals surface area contributed by atoms with Crippen molar-refractivity contribution in [3.63, 3.8) is 0 Å². The number of rotatable bonds is 3. The second kappa shape index (κ2) is 5.96. The zero-order valence-electron chi connectivity index (χ0n) is 12.4. The van der Waals surface area contributed by atoms with Crippen LogP contribution in [0.25, 0.3) is 11.0 Å². The molecular weight excluding hydrogens is 310 g/mol. The second-order valence-corrected chi connectivity index (χ2v) is 8.30. The topological polar surface area (TPSA) is 80.8 Å². The number of aromatic nitrogens is 2. The smallest absolute Gasteiger partial charge is 0.254 e. The van der Waals surface area contributed by atoms with Gasteiger partial charge in [0.2, 0.25) is 0 Å². The summed E-state index contributed by atoms with van der Waals surface area (Å²) in [7, 11) is 0. The molecule has 2 N–H and O–H groups in total. The Morgan fingerprint density at radius 3 is 2.71 bits per heavy atom.